The van der Waals surface area contributed by atoms with E-state index >= 15 is 0 Å². The van der Waals surface area contributed by atoms with Crippen molar-refractivity contribution in [2.45, 2.75) is 0 Å². The van der Waals surface area contributed by atoms with Crippen LogP contribution in [0.2, 0.25) is 0 Å². The predicted molar refractivity (Wildman–Crippen MR) is 109 cm³/mol. The molecule has 0 spiro atoms. The monoisotopic (exact) mass is 397 g/mol. The first kappa shape index (κ1) is 18.0. The van der Waals surface area contributed by atoms with E-state index in [1.807, 2.05) is 58.1 Å². The smallest absolute Gasteiger partial charge is 0.273 e. The van der Waals surface area contributed by atoms with E-state index < -0.39 is 0 Å². The second-order valence-corrected chi connectivity index (χ2v) is 8.18. The van der Waals surface area contributed by atoms with Crippen LogP contribution in [0.3, 0.4) is 0 Å². The molecule has 1 fully saturated rings. The molecule has 0 bridgehead atoms. The van der Waals surface area contributed by atoms with Crippen LogP contribution >= 0.6 is 22.7 Å². The summed E-state index contributed by atoms with van der Waals surface area (Å²) in [4.78, 5) is 34.2. The summed E-state index contributed by atoms with van der Waals surface area (Å²) in [6.07, 6.45) is 0. The molecule has 1 saturated heterocycles. The summed E-state index contributed by atoms with van der Waals surface area (Å²) in [6.45, 7) is 3.07. The fourth-order valence-corrected chi connectivity index (χ4v) is 4.53. The third-order valence-corrected chi connectivity index (χ3v) is 6.37. The summed E-state index contributed by atoms with van der Waals surface area (Å²) in [5.41, 5.74) is 1.53. The highest BCUT2D eigenvalue weighted by atomic mass is 32.1. The first-order valence-electron chi connectivity index (χ1n) is 8.80. The number of thiophene rings is 1. The molecule has 7 heteroatoms. The van der Waals surface area contributed by atoms with Crippen LogP contribution in [0.4, 0.5) is 0 Å². The molecule has 1 aliphatic rings. The first-order chi connectivity index (χ1) is 13.2. The summed E-state index contributed by atoms with van der Waals surface area (Å²) in [6, 6.07) is 13.6. The Morgan fingerprint density at radius 1 is 0.963 bits per heavy atom. The fraction of sp³-hybridized carbons (Fsp3) is 0.250. The number of benzene rings is 1. The van der Waals surface area contributed by atoms with Crippen molar-refractivity contribution in [1.82, 2.24) is 14.8 Å². The summed E-state index contributed by atoms with van der Waals surface area (Å²) in [7, 11) is 0. The molecule has 138 valence electrons. The van der Waals surface area contributed by atoms with Crippen molar-refractivity contribution < 1.29 is 9.59 Å². The molecule has 0 radical (unpaired) electrons. The predicted octanol–water partition coefficient (Wildman–Crippen LogP) is 3.51. The van der Waals surface area contributed by atoms with Gasteiger partial charge in [-0.25, -0.2) is 4.98 Å². The van der Waals surface area contributed by atoms with Crippen molar-refractivity contribution in [2.24, 2.45) is 0 Å². The zero-order chi connectivity index (χ0) is 18.6. The Morgan fingerprint density at radius 2 is 1.74 bits per heavy atom. The lowest BCUT2D eigenvalue weighted by Gasteiger charge is -2.33. The highest BCUT2D eigenvalue weighted by Crippen LogP contribution is 2.24. The van der Waals surface area contributed by atoms with Crippen LogP contribution < -0.4 is 0 Å². The minimum atomic E-state index is -0.0299. The number of thiazole rings is 1. The van der Waals surface area contributed by atoms with Gasteiger partial charge in [0.1, 0.15) is 10.7 Å². The molecule has 1 aliphatic heterocycles. The number of aromatic nitrogens is 1. The number of amides is 1. The molecule has 1 amide bonds. The van der Waals surface area contributed by atoms with Gasteiger partial charge in [-0.15, -0.1) is 22.7 Å². The number of Topliss-reactive ketones (excluding diaryl/α,β-unsaturated/α-hetero) is 1. The quantitative estimate of drug-likeness (QED) is 0.618. The van der Waals surface area contributed by atoms with Gasteiger partial charge in [-0.1, -0.05) is 36.4 Å². The maximum atomic E-state index is 12.7. The topological polar surface area (TPSA) is 53.5 Å². The van der Waals surface area contributed by atoms with Gasteiger partial charge in [-0.05, 0) is 11.4 Å². The summed E-state index contributed by atoms with van der Waals surface area (Å²) in [5.74, 6) is 0.120. The maximum absolute atomic E-state index is 12.7. The lowest BCUT2D eigenvalue weighted by Crippen LogP contribution is -2.49. The molecule has 0 aliphatic carbocycles. The van der Waals surface area contributed by atoms with Gasteiger partial charge in [0, 0.05) is 37.1 Å². The molecule has 4 rings (SSSR count). The van der Waals surface area contributed by atoms with Crippen molar-refractivity contribution in [1.29, 1.82) is 0 Å². The van der Waals surface area contributed by atoms with E-state index in [4.69, 9.17) is 0 Å². The van der Waals surface area contributed by atoms with Crippen molar-refractivity contribution in [3.05, 3.63) is 63.8 Å². The average molecular weight is 398 g/mol. The number of carbonyl (C=O) groups is 2. The molecule has 0 unspecified atom stereocenters. The van der Waals surface area contributed by atoms with E-state index in [1.54, 1.807) is 0 Å². The maximum Gasteiger partial charge on any atom is 0.273 e. The van der Waals surface area contributed by atoms with Crippen molar-refractivity contribution in [3.63, 3.8) is 0 Å². The Kier molecular flexibility index (Phi) is 5.42. The van der Waals surface area contributed by atoms with E-state index in [-0.39, 0.29) is 11.7 Å². The molecule has 27 heavy (non-hydrogen) atoms. The molecule has 3 aromatic rings. The van der Waals surface area contributed by atoms with Crippen LogP contribution in [-0.4, -0.2) is 59.2 Å². The normalized spacial score (nSPS) is 15.0. The van der Waals surface area contributed by atoms with Crippen LogP contribution in [0.1, 0.15) is 20.2 Å². The second kappa shape index (κ2) is 8.12. The van der Waals surface area contributed by atoms with Crippen LogP contribution in [-0.2, 0) is 0 Å². The highest BCUT2D eigenvalue weighted by molar-refractivity contribution is 7.13. The van der Waals surface area contributed by atoms with Gasteiger partial charge in [0.05, 0.1) is 11.4 Å². The first-order valence-corrected chi connectivity index (χ1v) is 10.6. The molecule has 3 heterocycles. The zero-order valence-corrected chi connectivity index (χ0v) is 16.3. The molecular weight excluding hydrogens is 378 g/mol. The standard InChI is InChI=1S/C20H19N3O2S2/c24-17(18-7-4-12-26-18)13-22-8-10-23(11-9-22)20(25)16-14-27-19(21-16)15-5-2-1-3-6-15/h1-7,12,14H,8-11,13H2. The highest BCUT2D eigenvalue weighted by Gasteiger charge is 2.25. The van der Waals surface area contributed by atoms with Crippen LogP contribution in [0.25, 0.3) is 10.6 Å². The van der Waals surface area contributed by atoms with E-state index in [2.05, 4.69) is 9.88 Å². The third kappa shape index (κ3) is 4.16. The van der Waals surface area contributed by atoms with E-state index in [0.717, 1.165) is 15.4 Å². The number of hydrogen-bond donors (Lipinski definition) is 0. The molecule has 2 aromatic heterocycles. The Hall–Kier alpha value is -2.35. The summed E-state index contributed by atoms with van der Waals surface area (Å²) < 4.78 is 0. The Bertz CT molecular complexity index is 914. The van der Waals surface area contributed by atoms with Gasteiger partial charge in [-0.3, -0.25) is 14.5 Å². The Balaban J connectivity index is 1.34. The molecule has 1 aromatic carbocycles. The van der Waals surface area contributed by atoms with Crippen LogP contribution in [0.15, 0.2) is 53.2 Å². The van der Waals surface area contributed by atoms with Crippen LogP contribution in [0, 0.1) is 0 Å². The number of ketones is 1. The van der Waals surface area contributed by atoms with Crippen molar-refractivity contribution in [3.8, 4) is 10.6 Å². The number of carbonyl (C=O) groups excluding carboxylic acids is 2. The number of piperazine rings is 1. The largest absolute Gasteiger partial charge is 0.335 e. The Labute approximate surface area is 165 Å². The fourth-order valence-electron chi connectivity index (χ4n) is 3.07. The second-order valence-electron chi connectivity index (χ2n) is 6.37. The number of hydrogen-bond acceptors (Lipinski definition) is 6. The van der Waals surface area contributed by atoms with Gasteiger partial charge < -0.3 is 4.90 Å². The molecular formula is C20H19N3O2S2. The van der Waals surface area contributed by atoms with Gasteiger partial charge in [0.2, 0.25) is 0 Å². The molecule has 0 N–H and O–H groups in total. The Morgan fingerprint density at radius 3 is 2.44 bits per heavy atom. The average Bonchev–Trinajstić information content (AvgIpc) is 3.41. The lowest BCUT2D eigenvalue weighted by atomic mass is 10.2. The van der Waals surface area contributed by atoms with E-state index in [0.29, 0.717) is 38.4 Å². The third-order valence-electron chi connectivity index (χ3n) is 4.57. The van der Waals surface area contributed by atoms with Gasteiger partial charge in [-0.2, -0.15) is 0 Å². The SMILES string of the molecule is O=C(CN1CCN(C(=O)c2csc(-c3ccccc3)n2)CC1)c1cccs1. The van der Waals surface area contributed by atoms with E-state index in [9.17, 15) is 9.59 Å². The van der Waals surface area contributed by atoms with Crippen molar-refractivity contribution in [2.75, 3.05) is 32.7 Å². The van der Waals surface area contributed by atoms with E-state index in [1.165, 1.54) is 22.7 Å². The number of rotatable bonds is 5. The minimum absolute atomic E-state index is 0.0299. The molecule has 5 nitrogen and oxygen atoms in total. The lowest BCUT2D eigenvalue weighted by molar-refractivity contribution is 0.0620. The van der Waals surface area contributed by atoms with Gasteiger partial charge in [0.15, 0.2) is 5.78 Å². The summed E-state index contributed by atoms with van der Waals surface area (Å²) >= 11 is 2.96. The van der Waals surface area contributed by atoms with Gasteiger partial charge in [0.25, 0.3) is 5.91 Å². The number of nitrogens with zero attached hydrogens (tertiary/aromatic N) is 3. The van der Waals surface area contributed by atoms with Crippen LogP contribution in [0.5, 0.6) is 0 Å². The summed E-state index contributed by atoms with van der Waals surface area (Å²) in [5, 5.41) is 4.61. The minimum Gasteiger partial charge on any atom is -0.335 e. The van der Waals surface area contributed by atoms with Crippen molar-refractivity contribution >= 4 is 34.4 Å². The molecule has 0 saturated carbocycles. The van der Waals surface area contributed by atoms with Gasteiger partial charge >= 0.3 is 0 Å². The molecule has 0 atom stereocenters. The zero-order valence-electron chi connectivity index (χ0n) is 14.7.